The van der Waals surface area contributed by atoms with Crippen LogP contribution in [0, 0.1) is 10.1 Å². The first-order valence-corrected chi connectivity index (χ1v) is 8.37. The predicted molar refractivity (Wildman–Crippen MR) is 111 cm³/mol. The molecule has 0 aliphatic carbocycles. The maximum absolute atomic E-state index is 12.4. The van der Waals surface area contributed by atoms with Gasteiger partial charge < -0.3 is 9.47 Å². The van der Waals surface area contributed by atoms with E-state index in [1.165, 1.54) is 24.5 Å². The molecule has 0 aliphatic heterocycles. The summed E-state index contributed by atoms with van der Waals surface area (Å²) in [5.41, 5.74) is 1.64. The van der Waals surface area contributed by atoms with Crippen molar-refractivity contribution in [2.45, 2.75) is 6.54 Å². The van der Waals surface area contributed by atoms with E-state index in [0.29, 0.717) is 17.2 Å². The van der Waals surface area contributed by atoms with E-state index in [2.05, 4.69) is 4.98 Å². The van der Waals surface area contributed by atoms with Crippen LogP contribution in [0.15, 0.2) is 61.1 Å². The van der Waals surface area contributed by atoms with Gasteiger partial charge in [-0.15, -0.1) is 17.0 Å². The van der Waals surface area contributed by atoms with Crippen LogP contribution in [0.4, 0.5) is 5.69 Å². The van der Waals surface area contributed by atoms with E-state index in [9.17, 15) is 14.9 Å². The van der Waals surface area contributed by atoms with E-state index in [-0.39, 0.29) is 40.6 Å². The Hall–Kier alpha value is -3.33. The molecule has 0 fully saturated rings. The third kappa shape index (κ3) is 5.14. The first kappa shape index (κ1) is 22.0. The molecule has 0 saturated heterocycles. The van der Waals surface area contributed by atoms with E-state index in [1.807, 2.05) is 12.1 Å². The van der Waals surface area contributed by atoms with Gasteiger partial charge >= 0.3 is 0 Å². The van der Waals surface area contributed by atoms with Gasteiger partial charge in [-0.25, -0.2) is 4.57 Å². The molecular weight excluding hydrogens is 442 g/mol. The number of carbonyl (C=O) groups is 1. The largest absolute Gasteiger partial charge is 0.497 e. The highest BCUT2D eigenvalue weighted by atomic mass is 79.9. The van der Waals surface area contributed by atoms with Gasteiger partial charge in [0.2, 0.25) is 5.78 Å². The van der Waals surface area contributed by atoms with Crippen LogP contribution in [-0.4, -0.2) is 29.9 Å². The molecular formula is C20H19BrN3O5+. The minimum absolute atomic E-state index is 0. The summed E-state index contributed by atoms with van der Waals surface area (Å²) in [5, 5.41) is 10.9. The molecule has 3 rings (SSSR count). The second-order valence-corrected chi connectivity index (χ2v) is 5.91. The quantitative estimate of drug-likeness (QED) is 0.232. The SMILES string of the molecule is Br.COc1ccc(-c2cc[n+](CC(=O)c3cccc([N+](=O)[O-])c3)cn2)c(OC)c1. The summed E-state index contributed by atoms with van der Waals surface area (Å²) in [6.07, 6.45) is 3.26. The highest BCUT2D eigenvalue weighted by Crippen LogP contribution is 2.31. The number of nitro benzene ring substituents is 1. The van der Waals surface area contributed by atoms with Crippen molar-refractivity contribution in [2.75, 3.05) is 14.2 Å². The van der Waals surface area contributed by atoms with E-state index >= 15 is 0 Å². The van der Waals surface area contributed by atoms with Gasteiger partial charge in [0.25, 0.3) is 12.0 Å². The zero-order valence-corrected chi connectivity index (χ0v) is 17.5. The van der Waals surface area contributed by atoms with Crippen LogP contribution < -0.4 is 14.0 Å². The average molecular weight is 461 g/mol. The zero-order valence-electron chi connectivity index (χ0n) is 15.8. The predicted octanol–water partition coefficient (Wildman–Crippen LogP) is 3.42. The minimum Gasteiger partial charge on any atom is -0.497 e. The molecule has 1 aromatic heterocycles. The number of Topliss-reactive ketones (excluding diaryl/α,β-unsaturated/α-hetero) is 1. The molecule has 2 aromatic carbocycles. The lowest BCUT2D eigenvalue weighted by molar-refractivity contribution is -0.686. The van der Waals surface area contributed by atoms with Crippen LogP contribution in [-0.2, 0) is 6.54 Å². The highest BCUT2D eigenvalue weighted by Gasteiger charge is 2.16. The van der Waals surface area contributed by atoms with E-state index in [0.717, 1.165) is 5.56 Å². The fourth-order valence-electron chi connectivity index (χ4n) is 2.70. The van der Waals surface area contributed by atoms with Crippen LogP contribution in [0.2, 0.25) is 0 Å². The third-order valence-electron chi connectivity index (χ3n) is 4.16. The molecule has 0 unspecified atom stereocenters. The van der Waals surface area contributed by atoms with Crippen molar-refractivity contribution in [3.05, 3.63) is 76.7 Å². The van der Waals surface area contributed by atoms with Crippen LogP contribution in [0.25, 0.3) is 11.3 Å². The Kier molecular flexibility index (Phi) is 7.38. The van der Waals surface area contributed by atoms with Crippen molar-refractivity contribution in [1.29, 1.82) is 0 Å². The number of ketones is 1. The molecule has 9 heteroatoms. The lowest BCUT2D eigenvalue weighted by atomic mass is 10.1. The van der Waals surface area contributed by atoms with Crippen molar-refractivity contribution in [2.24, 2.45) is 0 Å². The molecule has 0 radical (unpaired) electrons. The second kappa shape index (κ2) is 9.74. The van der Waals surface area contributed by atoms with Crippen molar-refractivity contribution >= 4 is 28.5 Å². The number of rotatable bonds is 7. The van der Waals surface area contributed by atoms with Crippen LogP contribution in [0.1, 0.15) is 10.4 Å². The Balaban J connectivity index is 0.00000300. The molecule has 3 aromatic rings. The smallest absolute Gasteiger partial charge is 0.287 e. The van der Waals surface area contributed by atoms with Gasteiger partial charge in [0.15, 0.2) is 12.2 Å². The van der Waals surface area contributed by atoms with E-state index < -0.39 is 4.92 Å². The van der Waals surface area contributed by atoms with Crippen molar-refractivity contribution in [1.82, 2.24) is 4.98 Å². The number of hydrogen-bond acceptors (Lipinski definition) is 6. The number of halogens is 1. The Labute approximate surface area is 177 Å². The summed E-state index contributed by atoms with van der Waals surface area (Å²) in [7, 11) is 3.15. The number of benzene rings is 2. The number of non-ortho nitro benzene ring substituents is 1. The minimum atomic E-state index is -0.525. The van der Waals surface area contributed by atoms with E-state index in [1.54, 1.807) is 43.2 Å². The second-order valence-electron chi connectivity index (χ2n) is 5.91. The zero-order chi connectivity index (χ0) is 20.1. The maximum Gasteiger partial charge on any atom is 0.287 e. The Morgan fingerprint density at radius 2 is 1.93 bits per heavy atom. The fourth-order valence-corrected chi connectivity index (χ4v) is 2.70. The molecule has 1 heterocycles. The number of hydrogen-bond donors (Lipinski definition) is 0. The molecule has 8 nitrogen and oxygen atoms in total. The summed E-state index contributed by atoms with van der Waals surface area (Å²) in [5.74, 6) is 1.05. The summed E-state index contributed by atoms with van der Waals surface area (Å²) >= 11 is 0. The molecule has 150 valence electrons. The third-order valence-corrected chi connectivity index (χ3v) is 4.16. The Morgan fingerprint density at radius 1 is 1.14 bits per heavy atom. The molecule has 0 saturated carbocycles. The maximum atomic E-state index is 12.4. The van der Waals surface area contributed by atoms with Gasteiger partial charge in [-0.05, 0) is 17.1 Å². The van der Waals surface area contributed by atoms with Gasteiger partial charge in [0, 0.05) is 29.8 Å². The summed E-state index contributed by atoms with van der Waals surface area (Å²) < 4.78 is 12.2. The first-order valence-electron chi connectivity index (χ1n) is 8.37. The number of methoxy groups -OCH3 is 2. The van der Waals surface area contributed by atoms with Crippen LogP contribution >= 0.6 is 17.0 Å². The van der Waals surface area contributed by atoms with Crippen LogP contribution in [0.5, 0.6) is 11.5 Å². The Morgan fingerprint density at radius 3 is 2.55 bits per heavy atom. The standard InChI is InChI=1S/C20H18N3O5.BrH/c1-27-16-6-7-17(20(11-16)28-2)18-8-9-22(13-21-18)12-19(24)14-4-3-5-15(10-14)23(25)26;/h3-11,13H,12H2,1-2H3;1H/q+1;. The number of aromatic nitrogens is 2. The molecule has 0 spiro atoms. The molecule has 0 aliphatic rings. The molecule has 0 atom stereocenters. The van der Waals surface area contributed by atoms with Gasteiger partial charge in [-0.1, -0.05) is 12.1 Å². The first-order chi connectivity index (χ1) is 13.5. The highest BCUT2D eigenvalue weighted by molar-refractivity contribution is 8.93. The average Bonchev–Trinajstić information content (AvgIpc) is 2.73. The normalized spacial score (nSPS) is 10.0. The number of nitrogens with zero attached hydrogens (tertiary/aromatic N) is 3. The molecule has 0 amide bonds. The summed E-state index contributed by atoms with van der Waals surface area (Å²) in [4.78, 5) is 27.1. The lowest BCUT2D eigenvalue weighted by Crippen LogP contribution is -2.37. The van der Waals surface area contributed by atoms with Crippen molar-refractivity contribution < 1.29 is 23.8 Å². The van der Waals surface area contributed by atoms with Gasteiger partial charge in [0.05, 0.1) is 30.9 Å². The Bertz CT molecular complexity index is 1020. The lowest BCUT2D eigenvalue weighted by Gasteiger charge is -2.08. The van der Waals surface area contributed by atoms with Gasteiger partial charge in [-0.2, -0.15) is 0 Å². The molecule has 29 heavy (non-hydrogen) atoms. The summed E-state index contributed by atoms with van der Waals surface area (Å²) in [6.45, 7) is 0.0220. The van der Waals surface area contributed by atoms with Crippen LogP contribution in [0.3, 0.4) is 0 Å². The topological polar surface area (TPSA) is 95.4 Å². The molecule has 0 N–H and O–H groups in total. The molecule has 0 bridgehead atoms. The fraction of sp³-hybridized carbons (Fsp3) is 0.150. The van der Waals surface area contributed by atoms with Crippen molar-refractivity contribution in [3.8, 4) is 22.8 Å². The number of carbonyl (C=O) groups excluding carboxylic acids is 1. The monoisotopic (exact) mass is 460 g/mol. The van der Waals surface area contributed by atoms with Crippen molar-refractivity contribution in [3.63, 3.8) is 0 Å². The van der Waals surface area contributed by atoms with Gasteiger partial charge in [-0.3, -0.25) is 14.9 Å². The summed E-state index contributed by atoms with van der Waals surface area (Å²) in [6, 6.07) is 12.9. The number of ether oxygens (including phenoxy) is 2. The van der Waals surface area contributed by atoms with E-state index in [4.69, 9.17) is 9.47 Å². The van der Waals surface area contributed by atoms with Gasteiger partial charge in [0.1, 0.15) is 11.5 Å². The number of nitro groups is 1.